The molecule has 1 aliphatic carbocycles. The average Bonchev–Trinajstić information content (AvgIpc) is 3.42. The number of benzene rings is 1. The SMILES string of the molecule is COc1cn(-c2cc(C)on2)c(=O)c2cc(-c3nc(C4CC(C)(O)C4)n4ccnc(N)c34)ccc12. The lowest BCUT2D eigenvalue weighted by molar-refractivity contribution is -0.0335. The van der Waals surface area contributed by atoms with Crippen LogP contribution in [0.3, 0.4) is 0 Å². The Morgan fingerprint density at radius 2 is 2.06 bits per heavy atom. The molecule has 0 spiro atoms. The number of aryl methyl sites for hydroxylation is 1. The number of hydrogen-bond donors (Lipinski definition) is 2. The Hall–Kier alpha value is -4.18. The third-order valence-corrected chi connectivity index (χ3v) is 6.68. The third kappa shape index (κ3) is 3.28. The van der Waals surface area contributed by atoms with Gasteiger partial charge in [-0.3, -0.25) is 13.8 Å². The number of ether oxygens (including phenoxy) is 1. The van der Waals surface area contributed by atoms with Crippen LogP contribution in [0.25, 0.3) is 33.4 Å². The number of aromatic nitrogens is 5. The van der Waals surface area contributed by atoms with Gasteiger partial charge in [0, 0.05) is 35.3 Å². The van der Waals surface area contributed by atoms with Gasteiger partial charge < -0.3 is 20.1 Å². The van der Waals surface area contributed by atoms with Gasteiger partial charge in [-0.25, -0.2) is 9.97 Å². The predicted molar refractivity (Wildman–Crippen MR) is 130 cm³/mol. The molecule has 0 aliphatic heterocycles. The monoisotopic (exact) mass is 472 g/mol. The number of fused-ring (bicyclic) bond motifs is 2. The van der Waals surface area contributed by atoms with E-state index < -0.39 is 5.60 Å². The van der Waals surface area contributed by atoms with Crippen molar-refractivity contribution in [1.29, 1.82) is 0 Å². The van der Waals surface area contributed by atoms with Gasteiger partial charge in [0.05, 0.1) is 24.3 Å². The highest BCUT2D eigenvalue weighted by Crippen LogP contribution is 2.45. The van der Waals surface area contributed by atoms with E-state index in [-0.39, 0.29) is 11.5 Å². The van der Waals surface area contributed by atoms with E-state index in [4.69, 9.17) is 20.0 Å². The zero-order valence-corrected chi connectivity index (χ0v) is 19.5. The minimum atomic E-state index is -0.695. The van der Waals surface area contributed by atoms with E-state index in [1.165, 1.54) is 4.57 Å². The molecule has 0 amide bonds. The molecular weight excluding hydrogens is 448 g/mol. The van der Waals surface area contributed by atoms with E-state index in [1.807, 2.05) is 29.7 Å². The quantitative estimate of drug-likeness (QED) is 0.407. The van der Waals surface area contributed by atoms with Gasteiger partial charge in [-0.2, -0.15) is 0 Å². The van der Waals surface area contributed by atoms with Crippen LogP contribution in [-0.2, 0) is 0 Å². The second-order valence-electron chi connectivity index (χ2n) is 9.38. The molecule has 6 rings (SSSR count). The van der Waals surface area contributed by atoms with Crippen molar-refractivity contribution in [3.05, 3.63) is 64.8 Å². The van der Waals surface area contributed by atoms with Gasteiger partial charge in [0.1, 0.15) is 34.4 Å². The molecule has 4 heterocycles. The molecule has 5 aromatic rings. The number of pyridine rings is 1. The first-order valence-electron chi connectivity index (χ1n) is 11.3. The summed E-state index contributed by atoms with van der Waals surface area (Å²) in [5, 5.41) is 15.4. The Morgan fingerprint density at radius 1 is 1.26 bits per heavy atom. The lowest BCUT2D eigenvalue weighted by Crippen LogP contribution is -2.40. The normalized spacial score (nSPS) is 19.8. The number of anilines is 1. The Labute approximate surface area is 199 Å². The lowest BCUT2D eigenvalue weighted by Gasteiger charge is -2.40. The molecular formula is C25H24N6O4. The van der Waals surface area contributed by atoms with Crippen molar-refractivity contribution >= 4 is 22.1 Å². The van der Waals surface area contributed by atoms with Gasteiger partial charge in [0.25, 0.3) is 5.56 Å². The molecule has 178 valence electrons. The molecule has 1 fully saturated rings. The van der Waals surface area contributed by atoms with Gasteiger partial charge in [-0.05, 0) is 38.8 Å². The molecule has 0 saturated heterocycles. The van der Waals surface area contributed by atoms with Gasteiger partial charge in [-0.15, -0.1) is 0 Å². The summed E-state index contributed by atoms with van der Waals surface area (Å²) in [5.74, 6) is 2.75. The second kappa shape index (κ2) is 7.41. The van der Waals surface area contributed by atoms with Gasteiger partial charge >= 0.3 is 0 Å². The molecule has 10 heteroatoms. The Kier molecular flexibility index (Phi) is 4.52. The van der Waals surface area contributed by atoms with Crippen LogP contribution < -0.4 is 16.0 Å². The van der Waals surface area contributed by atoms with Gasteiger partial charge in [0.15, 0.2) is 5.82 Å². The summed E-state index contributed by atoms with van der Waals surface area (Å²) in [7, 11) is 1.56. The number of nitrogens with two attached hydrogens (primary N) is 1. The van der Waals surface area contributed by atoms with Crippen molar-refractivity contribution in [2.45, 2.75) is 38.2 Å². The number of hydrogen-bond acceptors (Lipinski definition) is 8. The van der Waals surface area contributed by atoms with Crippen LogP contribution in [-0.4, -0.2) is 41.9 Å². The molecule has 4 aromatic heterocycles. The molecule has 1 saturated carbocycles. The largest absolute Gasteiger partial charge is 0.495 e. The Balaban J connectivity index is 1.57. The first kappa shape index (κ1) is 21.4. The van der Waals surface area contributed by atoms with E-state index in [1.54, 1.807) is 38.6 Å². The Morgan fingerprint density at radius 3 is 2.74 bits per heavy atom. The molecule has 1 aliphatic rings. The second-order valence-corrected chi connectivity index (χ2v) is 9.38. The maximum atomic E-state index is 13.5. The molecule has 10 nitrogen and oxygen atoms in total. The van der Waals surface area contributed by atoms with Crippen molar-refractivity contribution < 1.29 is 14.4 Å². The van der Waals surface area contributed by atoms with Crippen molar-refractivity contribution in [3.63, 3.8) is 0 Å². The van der Waals surface area contributed by atoms with Gasteiger partial charge in [-0.1, -0.05) is 11.2 Å². The average molecular weight is 473 g/mol. The zero-order valence-electron chi connectivity index (χ0n) is 19.5. The van der Waals surface area contributed by atoms with Crippen LogP contribution >= 0.6 is 0 Å². The number of rotatable bonds is 4. The number of imidazole rings is 1. The minimum Gasteiger partial charge on any atom is -0.495 e. The fourth-order valence-electron chi connectivity index (χ4n) is 5.02. The minimum absolute atomic E-state index is 0.0984. The van der Waals surface area contributed by atoms with Crippen LogP contribution in [0.1, 0.15) is 37.3 Å². The molecule has 35 heavy (non-hydrogen) atoms. The fraction of sp³-hybridized carbons (Fsp3) is 0.280. The maximum Gasteiger partial charge on any atom is 0.264 e. The molecule has 0 bridgehead atoms. The summed E-state index contributed by atoms with van der Waals surface area (Å²) in [5.41, 5.74) is 7.35. The number of aliphatic hydroxyl groups is 1. The highest BCUT2D eigenvalue weighted by atomic mass is 16.5. The molecule has 3 N–H and O–H groups in total. The summed E-state index contributed by atoms with van der Waals surface area (Å²) in [4.78, 5) is 22.7. The number of nitrogens with zero attached hydrogens (tertiary/aromatic N) is 5. The summed E-state index contributed by atoms with van der Waals surface area (Å²) < 4.78 is 14.1. The van der Waals surface area contributed by atoms with E-state index >= 15 is 0 Å². The first-order valence-corrected chi connectivity index (χ1v) is 11.3. The molecule has 0 atom stereocenters. The summed E-state index contributed by atoms with van der Waals surface area (Å²) in [6.45, 7) is 3.59. The van der Waals surface area contributed by atoms with Crippen LogP contribution in [0.2, 0.25) is 0 Å². The summed E-state index contributed by atoms with van der Waals surface area (Å²) in [6, 6.07) is 7.21. The standard InChI is InChI=1S/C25H24N6O4/c1-13-8-19(29-35-13)31-12-18(34-3)16-5-4-14(9-17(16)24(31)32)20-21-22(26)27-6-7-30(21)23(28-20)15-10-25(2,33)11-15/h4-9,12,15,33H,10-11H2,1-3H3,(H2,26,27). The van der Waals surface area contributed by atoms with E-state index in [0.29, 0.717) is 58.0 Å². The van der Waals surface area contributed by atoms with Crippen LogP contribution in [0, 0.1) is 6.92 Å². The lowest BCUT2D eigenvalue weighted by atomic mass is 9.72. The van der Waals surface area contributed by atoms with E-state index in [9.17, 15) is 9.90 Å². The highest BCUT2D eigenvalue weighted by Gasteiger charge is 2.41. The molecule has 0 unspecified atom stereocenters. The highest BCUT2D eigenvalue weighted by molar-refractivity contribution is 5.94. The van der Waals surface area contributed by atoms with E-state index in [0.717, 1.165) is 11.4 Å². The predicted octanol–water partition coefficient (Wildman–Crippen LogP) is 3.22. The van der Waals surface area contributed by atoms with Gasteiger partial charge in [0.2, 0.25) is 0 Å². The topological polar surface area (TPSA) is 134 Å². The van der Waals surface area contributed by atoms with Crippen LogP contribution in [0.4, 0.5) is 5.82 Å². The Bertz CT molecular complexity index is 1670. The fourth-order valence-corrected chi connectivity index (χ4v) is 5.02. The third-order valence-electron chi connectivity index (χ3n) is 6.68. The van der Waals surface area contributed by atoms with Crippen LogP contribution in [0.15, 0.2) is 52.2 Å². The van der Waals surface area contributed by atoms with Crippen molar-refractivity contribution in [2.75, 3.05) is 12.8 Å². The molecule has 1 aromatic carbocycles. The maximum absolute atomic E-state index is 13.5. The summed E-state index contributed by atoms with van der Waals surface area (Å²) in [6.07, 6.45) is 6.30. The smallest absolute Gasteiger partial charge is 0.264 e. The first-order chi connectivity index (χ1) is 16.8. The van der Waals surface area contributed by atoms with Crippen LogP contribution in [0.5, 0.6) is 5.75 Å². The zero-order chi connectivity index (χ0) is 24.5. The summed E-state index contributed by atoms with van der Waals surface area (Å²) >= 11 is 0. The molecule has 0 radical (unpaired) electrons. The van der Waals surface area contributed by atoms with Crippen molar-refractivity contribution in [1.82, 2.24) is 24.1 Å². The van der Waals surface area contributed by atoms with Crippen molar-refractivity contribution in [2.24, 2.45) is 0 Å². The number of methoxy groups -OCH3 is 1. The number of nitrogen functional groups attached to an aromatic ring is 1. The van der Waals surface area contributed by atoms with Crippen molar-refractivity contribution in [3.8, 4) is 22.8 Å². The van der Waals surface area contributed by atoms with E-state index in [2.05, 4.69) is 10.1 Å².